The third-order valence-corrected chi connectivity index (χ3v) is 5.45. The molecule has 0 saturated carbocycles. The van der Waals surface area contributed by atoms with Crippen LogP contribution in [0.3, 0.4) is 0 Å². The molecular formula is C20H21ClN4O2S. The predicted octanol–water partition coefficient (Wildman–Crippen LogP) is 4.40. The molecule has 1 N–H and O–H groups in total. The van der Waals surface area contributed by atoms with Crippen LogP contribution in [0.4, 0.5) is 5.69 Å². The fraction of sp³-hybridized carbons (Fsp3) is 0.250. The molecule has 2 aromatic carbocycles. The highest BCUT2D eigenvalue weighted by atomic mass is 35.5. The smallest absolute Gasteiger partial charge is 0.234 e. The molecule has 146 valence electrons. The maximum absolute atomic E-state index is 12.2. The summed E-state index contributed by atoms with van der Waals surface area (Å²) >= 11 is 7.48. The van der Waals surface area contributed by atoms with Crippen molar-refractivity contribution in [3.05, 3.63) is 64.4 Å². The van der Waals surface area contributed by atoms with Crippen LogP contribution in [0.25, 0.3) is 0 Å². The lowest BCUT2D eigenvalue weighted by Gasteiger charge is -2.09. The Balaban J connectivity index is 1.56. The molecule has 0 aliphatic carbocycles. The zero-order valence-electron chi connectivity index (χ0n) is 15.9. The molecule has 3 aromatic rings. The van der Waals surface area contributed by atoms with Crippen LogP contribution in [0.2, 0.25) is 5.02 Å². The summed E-state index contributed by atoms with van der Waals surface area (Å²) < 4.78 is 7.59. The Hall–Kier alpha value is -2.51. The van der Waals surface area contributed by atoms with Gasteiger partial charge in [-0.3, -0.25) is 4.79 Å². The first-order valence-electron chi connectivity index (χ1n) is 8.69. The number of amides is 1. The minimum Gasteiger partial charge on any atom is -0.484 e. The van der Waals surface area contributed by atoms with Crippen molar-refractivity contribution in [3.8, 4) is 5.75 Å². The summed E-state index contributed by atoms with van der Waals surface area (Å²) in [7, 11) is 1.85. The molecule has 0 saturated heterocycles. The van der Waals surface area contributed by atoms with Crippen molar-refractivity contribution in [1.29, 1.82) is 0 Å². The van der Waals surface area contributed by atoms with E-state index in [-0.39, 0.29) is 18.3 Å². The van der Waals surface area contributed by atoms with Crippen molar-refractivity contribution in [2.45, 2.75) is 25.6 Å². The van der Waals surface area contributed by atoms with Gasteiger partial charge in [-0.2, -0.15) is 0 Å². The lowest BCUT2D eigenvalue weighted by molar-refractivity contribution is -0.113. The Morgan fingerprint density at radius 1 is 1.21 bits per heavy atom. The van der Waals surface area contributed by atoms with Gasteiger partial charge in [-0.05, 0) is 43.2 Å². The number of aryl methyl sites for hydroxylation is 2. The normalized spacial score (nSPS) is 10.7. The summed E-state index contributed by atoms with van der Waals surface area (Å²) in [6.07, 6.45) is 0. The van der Waals surface area contributed by atoms with Gasteiger partial charge in [0, 0.05) is 12.7 Å². The lowest BCUT2D eigenvalue weighted by atomic mass is 10.2. The highest BCUT2D eigenvalue weighted by molar-refractivity contribution is 7.99. The van der Waals surface area contributed by atoms with E-state index in [1.165, 1.54) is 11.8 Å². The average Bonchev–Trinajstić information content (AvgIpc) is 3.02. The summed E-state index contributed by atoms with van der Waals surface area (Å²) in [4.78, 5) is 12.2. The number of benzene rings is 2. The number of hydrogen-bond acceptors (Lipinski definition) is 5. The number of hydrogen-bond donors (Lipinski definition) is 1. The quantitative estimate of drug-likeness (QED) is 0.578. The second-order valence-corrected chi connectivity index (χ2v) is 7.68. The third kappa shape index (κ3) is 5.05. The largest absolute Gasteiger partial charge is 0.484 e. The molecule has 0 radical (unpaired) electrons. The topological polar surface area (TPSA) is 69.0 Å². The van der Waals surface area contributed by atoms with Gasteiger partial charge in [0.05, 0.1) is 10.8 Å². The van der Waals surface area contributed by atoms with E-state index in [1.807, 2.05) is 61.9 Å². The zero-order valence-corrected chi connectivity index (χ0v) is 17.5. The number of carbonyl (C=O) groups excluding carboxylic acids is 1. The second-order valence-electron chi connectivity index (χ2n) is 6.33. The summed E-state index contributed by atoms with van der Waals surface area (Å²) in [6.45, 7) is 4.17. The van der Waals surface area contributed by atoms with Crippen LogP contribution < -0.4 is 10.1 Å². The molecule has 28 heavy (non-hydrogen) atoms. The molecule has 0 bridgehead atoms. The highest BCUT2D eigenvalue weighted by Crippen LogP contribution is 2.26. The van der Waals surface area contributed by atoms with Crippen LogP contribution >= 0.6 is 23.4 Å². The van der Waals surface area contributed by atoms with Crippen molar-refractivity contribution in [1.82, 2.24) is 14.8 Å². The first-order valence-corrected chi connectivity index (χ1v) is 10.1. The minimum absolute atomic E-state index is 0.0911. The maximum atomic E-state index is 12.2. The molecule has 3 rings (SSSR count). The van der Waals surface area contributed by atoms with E-state index >= 15 is 0 Å². The number of aromatic nitrogens is 3. The zero-order chi connectivity index (χ0) is 20.1. The van der Waals surface area contributed by atoms with Gasteiger partial charge in [0.1, 0.15) is 12.4 Å². The lowest BCUT2D eigenvalue weighted by Crippen LogP contribution is -2.15. The van der Waals surface area contributed by atoms with Crippen LogP contribution in [0.1, 0.15) is 17.0 Å². The Morgan fingerprint density at radius 2 is 2.00 bits per heavy atom. The van der Waals surface area contributed by atoms with Gasteiger partial charge < -0.3 is 14.6 Å². The number of nitrogens with one attached hydrogen (secondary N) is 1. The minimum atomic E-state index is -0.0911. The van der Waals surface area contributed by atoms with E-state index in [0.29, 0.717) is 21.8 Å². The number of rotatable bonds is 7. The predicted molar refractivity (Wildman–Crippen MR) is 112 cm³/mol. The van der Waals surface area contributed by atoms with E-state index in [0.717, 1.165) is 16.8 Å². The molecule has 0 atom stereocenters. The summed E-state index contributed by atoms with van der Waals surface area (Å²) in [5, 5.41) is 12.4. The second kappa shape index (κ2) is 9.12. The number of carbonyl (C=O) groups is 1. The van der Waals surface area contributed by atoms with Crippen molar-refractivity contribution >= 4 is 35.0 Å². The number of para-hydroxylation sites is 1. The molecule has 1 heterocycles. The Bertz CT molecular complexity index is 990. The Kier molecular flexibility index (Phi) is 6.59. The molecule has 0 spiro atoms. The summed E-state index contributed by atoms with van der Waals surface area (Å²) in [5.41, 5.74) is 2.90. The highest BCUT2D eigenvalue weighted by Gasteiger charge is 2.13. The van der Waals surface area contributed by atoms with Gasteiger partial charge >= 0.3 is 0 Å². The van der Waals surface area contributed by atoms with E-state index in [1.54, 1.807) is 6.07 Å². The first-order chi connectivity index (χ1) is 13.4. The number of nitrogens with zero attached hydrogens (tertiary/aromatic N) is 3. The molecule has 0 unspecified atom stereocenters. The van der Waals surface area contributed by atoms with Crippen LogP contribution in [0.15, 0.2) is 47.6 Å². The Labute approximate surface area is 173 Å². The first kappa shape index (κ1) is 20.2. The van der Waals surface area contributed by atoms with E-state index in [4.69, 9.17) is 16.3 Å². The SMILES string of the molecule is Cc1ccc(Cl)c(OCc2nnc(SCC(=O)Nc3ccccc3C)n2C)c1. The molecule has 8 heteroatoms. The number of halogens is 1. The van der Waals surface area contributed by atoms with Crippen LogP contribution in [-0.2, 0) is 18.4 Å². The van der Waals surface area contributed by atoms with Crippen LogP contribution in [-0.4, -0.2) is 26.4 Å². The summed E-state index contributed by atoms with van der Waals surface area (Å²) in [5.74, 6) is 1.41. The molecule has 0 aliphatic heterocycles. The number of anilines is 1. The van der Waals surface area contributed by atoms with Gasteiger partial charge in [-0.1, -0.05) is 47.6 Å². The Morgan fingerprint density at radius 3 is 2.79 bits per heavy atom. The van der Waals surface area contributed by atoms with Gasteiger partial charge in [0.15, 0.2) is 11.0 Å². The third-order valence-electron chi connectivity index (χ3n) is 4.12. The maximum Gasteiger partial charge on any atom is 0.234 e. The average molecular weight is 417 g/mol. The van der Waals surface area contributed by atoms with Crippen molar-refractivity contribution in [3.63, 3.8) is 0 Å². The van der Waals surface area contributed by atoms with Gasteiger partial charge in [0.2, 0.25) is 5.91 Å². The molecule has 0 aliphatic rings. The van der Waals surface area contributed by atoms with E-state index < -0.39 is 0 Å². The standard InChI is InChI=1S/C20H21ClN4O2S/c1-13-8-9-15(21)17(10-13)27-11-18-23-24-20(25(18)3)28-12-19(26)22-16-7-5-4-6-14(16)2/h4-10H,11-12H2,1-3H3,(H,22,26). The van der Waals surface area contributed by atoms with Crippen LogP contribution in [0, 0.1) is 13.8 Å². The summed E-state index contributed by atoms with van der Waals surface area (Å²) in [6, 6.07) is 13.3. The molecule has 6 nitrogen and oxygen atoms in total. The van der Waals surface area contributed by atoms with Crippen molar-refractivity contribution in [2.24, 2.45) is 7.05 Å². The molecule has 1 aromatic heterocycles. The number of thioether (sulfide) groups is 1. The molecule has 1 amide bonds. The van der Waals surface area contributed by atoms with Gasteiger partial charge in [0.25, 0.3) is 0 Å². The van der Waals surface area contributed by atoms with E-state index in [2.05, 4.69) is 15.5 Å². The number of ether oxygens (including phenoxy) is 1. The fourth-order valence-corrected chi connectivity index (χ4v) is 3.39. The monoisotopic (exact) mass is 416 g/mol. The molecular weight excluding hydrogens is 396 g/mol. The fourth-order valence-electron chi connectivity index (χ4n) is 2.49. The van der Waals surface area contributed by atoms with Crippen molar-refractivity contribution < 1.29 is 9.53 Å². The van der Waals surface area contributed by atoms with Crippen molar-refractivity contribution in [2.75, 3.05) is 11.1 Å². The van der Waals surface area contributed by atoms with E-state index in [9.17, 15) is 4.79 Å². The van der Waals surface area contributed by atoms with Gasteiger partial charge in [-0.15, -0.1) is 10.2 Å². The molecule has 0 fully saturated rings. The van der Waals surface area contributed by atoms with Crippen LogP contribution in [0.5, 0.6) is 5.75 Å². The van der Waals surface area contributed by atoms with Gasteiger partial charge in [-0.25, -0.2) is 0 Å².